The Bertz CT molecular complexity index is 553. The van der Waals surface area contributed by atoms with E-state index in [0.717, 1.165) is 12.8 Å². The van der Waals surface area contributed by atoms with Crippen molar-refractivity contribution in [2.45, 2.75) is 26.2 Å². The number of nitrogens with zero attached hydrogens (tertiary/aromatic N) is 2. The second-order valence-corrected chi connectivity index (χ2v) is 5.26. The summed E-state index contributed by atoms with van der Waals surface area (Å²) in [6.07, 6.45) is 2.43. The standard InChI is InChI=1S/C13H17N3O4/c1-9-6-10(2-3-11(9)16(18)19)20-8-13(4-5-13)7-12(14)15-17/h2-3,6,17H,4-5,7-8H2,1H3,(H2,14,15). The third-order valence-electron chi connectivity index (χ3n) is 3.55. The van der Waals surface area contributed by atoms with Gasteiger partial charge in [-0.05, 0) is 31.9 Å². The highest BCUT2D eigenvalue weighted by molar-refractivity contribution is 5.80. The molecule has 0 spiro atoms. The van der Waals surface area contributed by atoms with Gasteiger partial charge in [0.05, 0.1) is 11.5 Å². The van der Waals surface area contributed by atoms with Gasteiger partial charge < -0.3 is 15.7 Å². The van der Waals surface area contributed by atoms with Crippen molar-refractivity contribution in [2.24, 2.45) is 16.3 Å². The smallest absolute Gasteiger partial charge is 0.272 e. The van der Waals surface area contributed by atoms with Gasteiger partial charge in [-0.15, -0.1) is 0 Å². The molecule has 1 aromatic carbocycles. The van der Waals surface area contributed by atoms with E-state index in [1.165, 1.54) is 6.07 Å². The first-order chi connectivity index (χ1) is 9.46. The van der Waals surface area contributed by atoms with E-state index < -0.39 is 4.92 Å². The largest absolute Gasteiger partial charge is 0.493 e. The molecule has 0 unspecified atom stereocenters. The van der Waals surface area contributed by atoms with Crippen LogP contribution >= 0.6 is 0 Å². The molecule has 0 radical (unpaired) electrons. The lowest BCUT2D eigenvalue weighted by molar-refractivity contribution is -0.385. The lowest BCUT2D eigenvalue weighted by atomic mass is 10.0. The van der Waals surface area contributed by atoms with Crippen molar-refractivity contribution in [3.05, 3.63) is 33.9 Å². The third kappa shape index (κ3) is 3.17. The first-order valence-corrected chi connectivity index (χ1v) is 6.30. The molecule has 7 nitrogen and oxygen atoms in total. The molecule has 0 bridgehead atoms. The predicted octanol–water partition coefficient (Wildman–Crippen LogP) is 2.20. The van der Waals surface area contributed by atoms with Crippen LogP contribution in [0.3, 0.4) is 0 Å². The minimum absolute atomic E-state index is 0.0635. The highest BCUT2D eigenvalue weighted by atomic mass is 16.6. The van der Waals surface area contributed by atoms with Gasteiger partial charge in [0.1, 0.15) is 11.6 Å². The number of benzene rings is 1. The predicted molar refractivity (Wildman–Crippen MR) is 73.0 cm³/mol. The summed E-state index contributed by atoms with van der Waals surface area (Å²) in [6.45, 7) is 2.13. The zero-order chi connectivity index (χ0) is 14.8. The molecule has 0 saturated heterocycles. The molecule has 20 heavy (non-hydrogen) atoms. The van der Waals surface area contributed by atoms with Crippen LogP contribution in [-0.2, 0) is 0 Å². The van der Waals surface area contributed by atoms with Crippen molar-refractivity contribution >= 4 is 11.5 Å². The zero-order valence-corrected chi connectivity index (χ0v) is 11.2. The molecule has 0 atom stereocenters. The van der Waals surface area contributed by atoms with Gasteiger partial charge >= 0.3 is 0 Å². The Kier molecular flexibility index (Phi) is 3.78. The van der Waals surface area contributed by atoms with E-state index >= 15 is 0 Å². The fraction of sp³-hybridized carbons (Fsp3) is 0.462. The summed E-state index contributed by atoms with van der Waals surface area (Å²) in [5.41, 5.74) is 6.09. The van der Waals surface area contributed by atoms with E-state index in [4.69, 9.17) is 15.7 Å². The van der Waals surface area contributed by atoms with E-state index in [0.29, 0.717) is 24.3 Å². The number of aryl methyl sites for hydroxylation is 1. The van der Waals surface area contributed by atoms with Gasteiger partial charge in [-0.25, -0.2) is 0 Å². The SMILES string of the molecule is Cc1cc(OCC2(CC(N)=NO)CC2)ccc1[N+](=O)[O-]. The maximum atomic E-state index is 10.7. The van der Waals surface area contributed by atoms with Crippen LogP contribution in [0.2, 0.25) is 0 Å². The summed E-state index contributed by atoms with van der Waals surface area (Å²) in [7, 11) is 0. The van der Waals surface area contributed by atoms with Gasteiger partial charge in [-0.2, -0.15) is 0 Å². The molecule has 1 aliphatic rings. The molecule has 0 heterocycles. The highest BCUT2D eigenvalue weighted by Crippen LogP contribution is 2.49. The lowest BCUT2D eigenvalue weighted by Crippen LogP contribution is -2.22. The van der Waals surface area contributed by atoms with Crippen LogP contribution in [0.25, 0.3) is 0 Å². The highest BCUT2D eigenvalue weighted by Gasteiger charge is 2.44. The minimum atomic E-state index is -0.417. The number of hydrogen-bond donors (Lipinski definition) is 2. The Labute approximate surface area is 116 Å². The van der Waals surface area contributed by atoms with Crippen LogP contribution < -0.4 is 10.5 Å². The van der Waals surface area contributed by atoms with E-state index in [2.05, 4.69) is 5.16 Å². The number of amidine groups is 1. The number of oxime groups is 1. The normalized spacial score (nSPS) is 16.8. The van der Waals surface area contributed by atoms with Gasteiger partial charge in [-0.3, -0.25) is 10.1 Å². The molecule has 3 N–H and O–H groups in total. The van der Waals surface area contributed by atoms with Crippen molar-refractivity contribution in [1.29, 1.82) is 0 Å². The fourth-order valence-electron chi connectivity index (χ4n) is 2.13. The van der Waals surface area contributed by atoms with Gasteiger partial charge in [0.15, 0.2) is 0 Å². The van der Waals surface area contributed by atoms with Crippen molar-refractivity contribution in [3.63, 3.8) is 0 Å². The van der Waals surface area contributed by atoms with Crippen molar-refractivity contribution in [3.8, 4) is 5.75 Å². The molecule has 0 aliphatic heterocycles. The first kappa shape index (κ1) is 14.1. The average Bonchev–Trinajstić information content (AvgIpc) is 3.16. The maximum Gasteiger partial charge on any atom is 0.272 e. The maximum absolute atomic E-state index is 10.7. The van der Waals surface area contributed by atoms with Crippen LogP contribution in [0.4, 0.5) is 5.69 Å². The second-order valence-electron chi connectivity index (χ2n) is 5.26. The van der Waals surface area contributed by atoms with Crippen molar-refractivity contribution < 1.29 is 14.9 Å². The van der Waals surface area contributed by atoms with Crippen LogP contribution in [0.1, 0.15) is 24.8 Å². The summed E-state index contributed by atoms with van der Waals surface area (Å²) >= 11 is 0. The Morgan fingerprint density at radius 3 is 2.80 bits per heavy atom. The van der Waals surface area contributed by atoms with Crippen LogP contribution in [0.5, 0.6) is 5.75 Å². The molecular weight excluding hydrogens is 262 g/mol. The number of nitro benzene ring substituents is 1. The van der Waals surface area contributed by atoms with E-state index in [-0.39, 0.29) is 16.9 Å². The molecule has 0 amide bonds. The molecule has 2 rings (SSSR count). The molecule has 108 valence electrons. The lowest BCUT2D eigenvalue weighted by Gasteiger charge is -2.15. The molecule has 0 aromatic heterocycles. The topological polar surface area (TPSA) is 111 Å². The Balaban J connectivity index is 1.98. The van der Waals surface area contributed by atoms with Gasteiger partial charge in [0.2, 0.25) is 0 Å². The summed E-state index contributed by atoms with van der Waals surface area (Å²) in [6, 6.07) is 4.68. The fourth-order valence-corrected chi connectivity index (χ4v) is 2.13. The quantitative estimate of drug-likeness (QED) is 0.272. The van der Waals surface area contributed by atoms with Gasteiger partial charge in [0, 0.05) is 23.5 Å². The monoisotopic (exact) mass is 279 g/mol. The Morgan fingerprint density at radius 2 is 2.30 bits per heavy atom. The van der Waals surface area contributed by atoms with Crippen molar-refractivity contribution in [2.75, 3.05) is 6.61 Å². The zero-order valence-electron chi connectivity index (χ0n) is 11.2. The number of nitro groups is 1. The average molecular weight is 279 g/mol. The molecule has 7 heteroatoms. The number of ether oxygens (including phenoxy) is 1. The summed E-state index contributed by atoms with van der Waals surface area (Å²) in [4.78, 5) is 10.3. The van der Waals surface area contributed by atoms with E-state index in [1.807, 2.05) is 0 Å². The Hall–Kier alpha value is -2.31. The van der Waals surface area contributed by atoms with Crippen LogP contribution in [0.15, 0.2) is 23.4 Å². The molecule has 1 saturated carbocycles. The summed E-state index contributed by atoms with van der Waals surface area (Å²) in [5.74, 6) is 0.796. The summed E-state index contributed by atoms with van der Waals surface area (Å²) < 4.78 is 5.68. The second kappa shape index (κ2) is 5.36. The van der Waals surface area contributed by atoms with Crippen LogP contribution in [-0.4, -0.2) is 22.6 Å². The molecule has 1 aromatic rings. The molecule has 1 aliphatic carbocycles. The number of nitrogens with two attached hydrogens (primary N) is 1. The third-order valence-corrected chi connectivity index (χ3v) is 3.55. The molecular formula is C13H17N3O4. The van der Waals surface area contributed by atoms with Crippen molar-refractivity contribution in [1.82, 2.24) is 0 Å². The number of rotatable bonds is 6. The van der Waals surface area contributed by atoms with E-state index in [9.17, 15) is 10.1 Å². The van der Waals surface area contributed by atoms with Crippen LogP contribution in [0, 0.1) is 22.5 Å². The van der Waals surface area contributed by atoms with Gasteiger partial charge in [-0.1, -0.05) is 5.16 Å². The number of hydrogen-bond acceptors (Lipinski definition) is 5. The Morgan fingerprint density at radius 1 is 1.60 bits per heavy atom. The minimum Gasteiger partial charge on any atom is -0.493 e. The van der Waals surface area contributed by atoms with E-state index in [1.54, 1.807) is 19.1 Å². The van der Waals surface area contributed by atoms with Gasteiger partial charge in [0.25, 0.3) is 5.69 Å². The molecule has 1 fully saturated rings. The summed E-state index contributed by atoms with van der Waals surface area (Å²) in [5, 5.41) is 22.3. The first-order valence-electron chi connectivity index (χ1n) is 6.30.